The number of hydrogen-bond donors (Lipinski definition) is 0. The molecule has 0 unspecified atom stereocenters. The number of fused-ring (bicyclic) bond motifs is 7. The smallest absolute Gasteiger partial charge is 0.0619 e. The van der Waals surface area contributed by atoms with Gasteiger partial charge in [0.2, 0.25) is 0 Å². The van der Waals surface area contributed by atoms with Gasteiger partial charge in [-0.1, -0.05) is 284 Å². The van der Waals surface area contributed by atoms with Crippen molar-refractivity contribution in [1.29, 1.82) is 0 Å². The molecule has 0 fully saturated rings. The van der Waals surface area contributed by atoms with Crippen molar-refractivity contribution in [3.05, 3.63) is 276 Å². The van der Waals surface area contributed by atoms with Gasteiger partial charge in [0, 0.05) is 0 Å². The lowest BCUT2D eigenvalue weighted by Crippen LogP contribution is -2.28. The molecule has 0 saturated heterocycles. The highest BCUT2D eigenvalue weighted by atomic mass is 14.5. The van der Waals surface area contributed by atoms with Crippen molar-refractivity contribution in [2.75, 3.05) is 0 Å². The molecule has 73 heavy (non-hydrogen) atoms. The summed E-state index contributed by atoms with van der Waals surface area (Å²) in [5.74, 6) is 0. The second-order valence-corrected chi connectivity index (χ2v) is 22.3. The van der Waals surface area contributed by atoms with E-state index in [2.05, 4.69) is 284 Å². The summed E-state index contributed by atoms with van der Waals surface area (Å²) in [5.41, 5.74) is 20.0. The monoisotopic (exact) mass is 934 g/mol. The summed E-state index contributed by atoms with van der Waals surface area (Å²) in [6.07, 6.45) is 0. The fourth-order valence-corrected chi connectivity index (χ4v) is 12.6. The Hall–Kier alpha value is -8.32. The van der Waals surface area contributed by atoms with Crippen molar-refractivity contribution < 1.29 is 0 Å². The zero-order chi connectivity index (χ0) is 49.6. The van der Waals surface area contributed by atoms with E-state index in [4.69, 9.17) is 0 Å². The molecular weight excluding hydrogens is 877 g/mol. The Balaban J connectivity index is 0.979. The summed E-state index contributed by atoms with van der Waals surface area (Å²) >= 11 is 0. The molecule has 0 radical (unpaired) electrons. The Morgan fingerprint density at radius 3 is 0.699 bits per heavy atom. The molecule has 1 aliphatic rings. The second kappa shape index (κ2) is 16.9. The van der Waals surface area contributed by atoms with E-state index in [-0.39, 0.29) is 10.8 Å². The Labute approximate surface area is 430 Å². The molecule has 0 N–H and O–H groups in total. The fraction of sp³-hybridized carbons (Fsp3) is 0.123. The molecule has 0 bridgehead atoms. The SMILES string of the molecule is CC(C)(C)c1ccc(-c2c3ccccc3c(-c3ccc(C4(c5ccc(-c6c7ccccc7c(-c7ccc(C(C)(C)C)cc7)c7ccccc67)cc5)c5ccccc5-c5ccccc54)cc3)c3ccccc23)cc1. The lowest BCUT2D eigenvalue weighted by atomic mass is 9.67. The predicted octanol–water partition coefficient (Wildman–Crippen LogP) is 19.9. The molecule has 0 aromatic heterocycles. The molecule has 0 saturated carbocycles. The van der Waals surface area contributed by atoms with E-state index in [1.807, 2.05) is 0 Å². The van der Waals surface area contributed by atoms with E-state index in [0.717, 1.165) is 0 Å². The topological polar surface area (TPSA) is 0 Å². The van der Waals surface area contributed by atoms with Crippen molar-refractivity contribution in [3.8, 4) is 55.6 Å². The Morgan fingerprint density at radius 1 is 0.233 bits per heavy atom. The van der Waals surface area contributed by atoms with Gasteiger partial charge in [0.25, 0.3) is 0 Å². The highest BCUT2D eigenvalue weighted by molar-refractivity contribution is 6.22. The summed E-state index contributed by atoms with van der Waals surface area (Å²) in [6.45, 7) is 13.7. The minimum absolute atomic E-state index is 0.0849. The van der Waals surface area contributed by atoms with Crippen LogP contribution in [0.5, 0.6) is 0 Å². The molecule has 12 aromatic carbocycles. The third kappa shape index (κ3) is 7.03. The first kappa shape index (κ1) is 44.6. The van der Waals surface area contributed by atoms with Crippen LogP contribution < -0.4 is 0 Å². The number of rotatable bonds is 6. The fourth-order valence-electron chi connectivity index (χ4n) is 12.6. The van der Waals surface area contributed by atoms with Crippen LogP contribution in [0.25, 0.3) is 98.7 Å². The molecule has 0 atom stereocenters. The van der Waals surface area contributed by atoms with Crippen LogP contribution in [-0.2, 0) is 16.2 Å². The Kier molecular flexibility index (Phi) is 10.3. The quantitative estimate of drug-likeness (QED) is 0.146. The highest BCUT2D eigenvalue weighted by Crippen LogP contribution is 2.57. The van der Waals surface area contributed by atoms with Crippen molar-refractivity contribution in [2.24, 2.45) is 0 Å². The van der Waals surface area contributed by atoms with Crippen LogP contribution in [0.1, 0.15) is 74.9 Å². The van der Waals surface area contributed by atoms with E-state index >= 15 is 0 Å². The summed E-state index contributed by atoms with van der Waals surface area (Å²) < 4.78 is 0. The first-order chi connectivity index (χ1) is 35.5. The van der Waals surface area contributed by atoms with Crippen LogP contribution in [0, 0.1) is 0 Å². The largest absolute Gasteiger partial charge is 0.0713 e. The van der Waals surface area contributed by atoms with Gasteiger partial charge in [-0.05, 0) is 143 Å². The molecular formula is C73H58. The zero-order valence-electron chi connectivity index (χ0n) is 42.6. The summed E-state index contributed by atoms with van der Waals surface area (Å²) in [4.78, 5) is 0. The first-order valence-electron chi connectivity index (χ1n) is 26.0. The van der Waals surface area contributed by atoms with Crippen LogP contribution in [0.3, 0.4) is 0 Å². The second-order valence-electron chi connectivity index (χ2n) is 22.3. The standard InChI is InChI=1S/C73H58/c1-71(2,3)51-39-31-47(32-40-51)67-57-21-7-11-25-61(57)69(62-26-12-8-22-58(62)67)49-35-43-53(44-36-49)73(65-29-17-15-19-55(65)56-20-16-18-30-66(56)73)54-45-37-50(38-46-54)70-63-27-13-9-23-59(63)68(60-24-10-14-28-64(60)70)48-33-41-52(42-34-48)72(4,5)6/h7-46H,1-6H3. The van der Waals surface area contributed by atoms with Crippen molar-refractivity contribution in [3.63, 3.8) is 0 Å². The zero-order valence-corrected chi connectivity index (χ0v) is 42.6. The van der Waals surface area contributed by atoms with Gasteiger partial charge in [0.1, 0.15) is 0 Å². The van der Waals surface area contributed by atoms with E-state index in [1.54, 1.807) is 0 Å². The van der Waals surface area contributed by atoms with Crippen LogP contribution in [-0.4, -0.2) is 0 Å². The van der Waals surface area contributed by atoms with Gasteiger partial charge in [-0.25, -0.2) is 0 Å². The normalized spacial score (nSPS) is 13.2. The molecule has 13 rings (SSSR count). The minimum atomic E-state index is -0.551. The molecule has 350 valence electrons. The van der Waals surface area contributed by atoms with Crippen LogP contribution in [0.15, 0.2) is 243 Å². The van der Waals surface area contributed by atoms with Gasteiger partial charge >= 0.3 is 0 Å². The summed E-state index contributed by atoms with van der Waals surface area (Å²) in [7, 11) is 0. The summed E-state index contributed by atoms with van der Waals surface area (Å²) in [6, 6.07) is 91.9. The van der Waals surface area contributed by atoms with E-state index < -0.39 is 5.41 Å². The van der Waals surface area contributed by atoms with E-state index in [0.29, 0.717) is 0 Å². The predicted molar refractivity (Wildman–Crippen MR) is 313 cm³/mol. The van der Waals surface area contributed by atoms with Crippen LogP contribution in [0.4, 0.5) is 0 Å². The average Bonchev–Trinajstić information content (AvgIpc) is 3.72. The van der Waals surface area contributed by atoms with Crippen LogP contribution in [0.2, 0.25) is 0 Å². The third-order valence-corrected chi connectivity index (χ3v) is 16.1. The molecule has 0 nitrogen and oxygen atoms in total. The van der Waals surface area contributed by atoms with Gasteiger partial charge < -0.3 is 0 Å². The van der Waals surface area contributed by atoms with Crippen molar-refractivity contribution >= 4 is 43.1 Å². The van der Waals surface area contributed by atoms with Gasteiger partial charge in [0.05, 0.1) is 5.41 Å². The van der Waals surface area contributed by atoms with Gasteiger partial charge in [-0.2, -0.15) is 0 Å². The van der Waals surface area contributed by atoms with Gasteiger partial charge in [0.15, 0.2) is 0 Å². The minimum Gasteiger partial charge on any atom is -0.0619 e. The number of hydrogen-bond acceptors (Lipinski definition) is 0. The Morgan fingerprint density at radius 2 is 0.452 bits per heavy atom. The molecule has 0 heterocycles. The van der Waals surface area contributed by atoms with Crippen molar-refractivity contribution in [1.82, 2.24) is 0 Å². The molecule has 0 amide bonds. The maximum atomic E-state index is 2.42. The molecule has 0 heteroatoms. The maximum Gasteiger partial charge on any atom is 0.0713 e. The van der Waals surface area contributed by atoms with Crippen molar-refractivity contribution in [2.45, 2.75) is 57.8 Å². The molecule has 0 aliphatic heterocycles. The van der Waals surface area contributed by atoms with E-state index in [1.165, 1.54) is 132 Å². The lowest BCUT2D eigenvalue weighted by Gasteiger charge is -2.34. The first-order valence-corrected chi connectivity index (χ1v) is 26.0. The molecule has 1 aliphatic carbocycles. The van der Waals surface area contributed by atoms with Gasteiger partial charge in [-0.3, -0.25) is 0 Å². The Bertz CT molecular complexity index is 3710. The highest BCUT2D eigenvalue weighted by Gasteiger charge is 2.46. The van der Waals surface area contributed by atoms with Gasteiger partial charge in [-0.15, -0.1) is 0 Å². The average molecular weight is 935 g/mol. The third-order valence-electron chi connectivity index (χ3n) is 16.1. The summed E-state index contributed by atoms with van der Waals surface area (Å²) in [5, 5.41) is 10.1. The van der Waals surface area contributed by atoms with Crippen LogP contribution >= 0.6 is 0 Å². The molecule has 12 aromatic rings. The number of benzene rings is 12. The molecule has 0 spiro atoms. The van der Waals surface area contributed by atoms with E-state index in [9.17, 15) is 0 Å². The lowest BCUT2D eigenvalue weighted by molar-refractivity contribution is 0.590. The maximum absolute atomic E-state index is 2.42.